The highest BCUT2D eigenvalue weighted by Crippen LogP contribution is 2.39. The van der Waals surface area contributed by atoms with Crippen LogP contribution in [0.4, 0.5) is 0 Å². The molecule has 0 aromatic heterocycles. The minimum absolute atomic E-state index is 0.176. The normalized spacial score (nSPS) is 26.6. The lowest BCUT2D eigenvalue weighted by Gasteiger charge is -2.29. The number of nitriles is 1. The standard InChI is InChI=1S/C14H14N2O2/c1-11-5-7-12(8-6-11)13-4-2-3-9-14(13,10-15)16(17)18/h2-3,5-8,13H,4,9H2,1H3/t13-,14-/m1/s1. The van der Waals surface area contributed by atoms with Crippen LogP contribution in [-0.2, 0) is 0 Å². The first-order chi connectivity index (χ1) is 8.60. The summed E-state index contributed by atoms with van der Waals surface area (Å²) in [4.78, 5) is 10.9. The minimum Gasteiger partial charge on any atom is -0.263 e. The van der Waals surface area contributed by atoms with Crippen LogP contribution in [0.25, 0.3) is 0 Å². The lowest BCUT2D eigenvalue weighted by atomic mass is 9.73. The van der Waals surface area contributed by atoms with Gasteiger partial charge in [-0.2, -0.15) is 5.26 Å². The molecule has 18 heavy (non-hydrogen) atoms. The highest BCUT2D eigenvalue weighted by atomic mass is 16.6. The van der Waals surface area contributed by atoms with Crippen molar-refractivity contribution in [1.29, 1.82) is 5.26 Å². The van der Waals surface area contributed by atoms with Crippen molar-refractivity contribution in [1.82, 2.24) is 0 Å². The monoisotopic (exact) mass is 242 g/mol. The quantitative estimate of drug-likeness (QED) is 0.455. The number of hydrogen-bond donors (Lipinski definition) is 0. The van der Waals surface area contributed by atoms with Crippen molar-refractivity contribution in [3.05, 3.63) is 57.7 Å². The van der Waals surface area contributed by atoms with Crippen molar-refractivity contribution in [3.8, 4) is 6.07 Å². The maximum atomic E-state index is 11.3. The lowest BCUT2D eigenvalue weighted by molar-refractivity contribution is -0.556. The van der Waals surface area contributed by atoms with E-state index < -0.39 is 10.5 Å². The van der Waals surface area contributed by atoms with Gasteiger partial charge in [-0.3, -0.25) is 10.1 Å². The van der Waals surface area contributed by atoms with E-state index in [1.54, 1.807) is 6.08 Å². The van der Waals surface area contributed by atoms with Crippen LogP contribution in [0.2, 0.25) is 0 Å². The Balaban J connectivity index is 2.47. The van der Waals surface area contributed by atoms with Crippen LogP contribution in [0, 0.1) is 28.4 Å². The highest BCUT2D eigenvalue weighted by Gasteiger charge is 2.51. The fraction of sp³-hybridized carbons (Fsp3) is 0.357. The van der Waals surface area contributed by atoms with Gasteiger partial charge in [-0.05, 0) is 18.9 Å². The van der Waals surface area contributed by atoms with Gasteiger partial charge in [0.1, 0.15) is 6.07 Å². The summed E-state index contributed by atoms with van der Waals surface area (Å²) in [6.07, 6.45) is 4.37. The van der Waals surface area contributed by atoms with Gasteiger partial charge in [-0.1, -0.05) is 42.0 Å². The fourth-order valence-corrected chi connectivity index (χ4v) is 2.41. The van der Waals surface area contributed by atoms with E-state index in [0.29, 0.717) is 6.42 Å². The molecule has 0 amide bonds. The molecule has 92 valence electrons. The second kappa shape index (κ2) is 4.61. The maximum Gasteiger partial charge on any atom is 0.315 e. The highest BCUT2D eigenvalue weighted by molar-refractivity contribution is 5.32. The van der Waals surface area contributed by atoms with Gasteiger partial charge in [0.05, 0.1) is 12.3 Å². The first kappa shape index (κ1) is 12.3. The van der Waals surface area contributed by atoms with Crippen molar-refractivity contribution in [3.63, 3.8) is 0 Å². The first-order valence-corrected chi connectivity index (χ1v) is 5.87. The third kappa shape index (κ3) is 1.88. The summed E-state index contributed by atoms with van der Waals surface area (Å²) in [5.41, 5.74) is 0.446. The van der Waals surface area contributed by atoms with E-state index in [4.69, 9.17) is 0 Å². The fourth-order valence-electron chi connectivity index (χ4n) is 2.41. The van der Waals surface area contributed by atoms with E-state index in [-0.39, 0.29) is 12.3 Å². The molecule has 2 atom stereocenters. The Morgan fingerprint density at radius 1 is 1.39 bits per heavy atom. The van der Waals surface area contributed by atoms with E-state index in [1.807, 2.05) is 43.3 Å². The average Bonchev–Trinajstić information content (AvgIpc) is 2.39. The van der Waals surface area contributed by atoms with Crippen LogP contribution < -0.4 is 0 Å². The van der Waals surface area contributed by atoms with Crippen molar-refractivity contribution in [2.45, 2.75) is 31.2 Å². The average molecular weight is 242 g/mol. The van der Waals surface area contributed by atoms with E-state index >= 15 is 0 Å². The molecular weight excluding hydrogens is 228 g/mol. The predicted octanol–water partition coefficient (Wildman–Crippen LogP) is 2.97. The zero-order chi connectivity index (χ0) is 13.2. The summed E-state index contributed by atoms with van der Waals surface area (Å²) < 4.78 is 0. The van der Waals surface area contributed by atoms with Crippen molar-refractivity contribution < 1.29 is 4.92 Å². The zero-order valence-electron chi connectivity index (χ0n) is 10.2. The third-order valence-electron chi connectivity index (χ3n) is 3.54. The molecule has 0 N–H and O–H groups in total. The topological polar surface area (TPSA) is 66.9 Å². The second-order valence-electron chi connectivity index (χ2n) is 4.67. The van der Waals surface area contributed by atoms with Gasteiger partial charge in [0, 0.05) is 4.92 Å². The second-order valence-corrected chi connectivity index (χ2v) is 4.67. The molecule has 0 spiro atoms. The van der Waals surface area contributed by atoms with Crippen LogP contribution in [0.5, 0.6) is 0 Å². The molecule has 0 saturated carbocycles. The molecule has 4 heteroatoms. The summed E-state index contributed by atoms with van der Waals surface area (Å²) >= 11 is 0. The van der Waals surface area contributed by atoms with Crippen LogP contribution >= 0.6 is 0 Å². The number of benzene rings is 1. The summed E-state index contributed by atoms with van der Waals surface area (Å²) in [6, 6.07) is 9.55. The van der Waals surface area contributed by atoms with Crippen molar-refractivity contribution in [2.24, 2.45) is 0 Å². The molecule has 0 saturated heterocycles. The van der Waals surface area contributed by atoms with Gasteiger partial charge in [0.15, 0.2) is 0 Å². The summed E-state index contributed by atoms with van der Waals surface area (Å²) in [7, 11) is 0. The van der Waals surface area contributed by atoms with Gasteiger partial charge in [0.25, 0.3) is 0 Å². The maximum absolute atomic E-state index is 11.3. The van der Waals surface area contributed by atoms with Crippen molar-refractivity contribution in [2.75, 3.05) is 0 Å². The molecule has 0 bridgehead atoms. The number of allylic oxidation sites excluding steroid dienone is 1. The Morgan fingerprint density at radius 2 is 2.06 bits per heavy atom. The molecular formula is C14H14N2O2. The Morgan fingerprint density at radius 3 is 2.61 bits per heavy atom. The van der Waals surface area contributed by atoms with E-state index in [0.717, 1.165) is 11.1 Å². The summed E-state index contributed by atoms with van der Waals surface area (Å²) in [5, 5.41) is 20.6. The van der Waals surface area contributed by atoms with Crippen LogP contribution in [-0.4, -0.2) is 10.5 Å². The van der Waals surface area contributed by atoms with Gasteiger partial charge < -0.3 is 0 Å². The molecule has 4 nitrogen and oxygen atoms in total. The first-order valence-electron chi connectivity index (χ1n) is 5.87. The molecule has 0 heterocycles. The number of nitro groups is 1. The summed E-state index contributed by atoms with van der Waals surface area (Å²) in [5.74, 6) is -0.372. The number of rotatable bonds is 2. The van der Waals surface area contributed by atoms with E-state index in [9.17, 15) is 15.4 Å². The Hall–Kier alpha value is -2.15. The van der Waals surface area contributed by atoms with Gasteiger partial charge in [-0.15, -0.1) is 0 Å². The number of aryl methyl sites for hydroxylation is 1. The SMILES string of the molecule is Cc1ccc([C@H]2CC=CC[C@]2(C#N)[N+](=O)[O-])cc1. The number of nitrogens with zero attached hydrogens (tertiary/aromatic N) is 2. The van der Waals surface area contributed by atoms with Crippen LogP contribution in [0.1, 0.15) is 29.9 Å². The van der Waals surface area contributed by atoms with Crippen LogP contribution in [0.15, 0.2) is 36.4 Å². The molecule has 1 aromatic rings. The van der Waals surface area contributed by atoms with Gasteiger partial charge in [-0.25, -0.2) is 0 Å². The van der Waals surface area contributed by atoms with E-state index in [2.05, 4.69) is 0 Å². The van der Waals surface area contributed by atoms with Gasteiger partial charge >= 0.3 is 5.54 Å². The largest absolute Gasteiger partial charge is 0.315 e. The molecule has 0 radical (unpaired) electrons. The van der Waals surface area contributed by atoms with E-state index in [1.165, 1.54) is 0 Å². The van der Waals surface area contributed by atoms with Crippen LogP contribution in [0.3, 0.4) is 0 Å². The molecule has 1 aromatic carbocycles. The molecule has 0 unspecified atom stereocenters. The van der Waals surface area contributed by atoms with Crippen molar-refractivity contribution >= 4 is 0 Å². The minimum atomic E-state index is -1.52. The predicted molar refractivity (Wildman–Crippen MR) is 67.6 cm³/mol. The number of hydrogen-bond acceptors (Lipinski definition) is 3. The Bertz CT molecular complexity index is 528. The Kier molecular flexibility index (Phi) is 3.15. The van der Waals surface area contributed by atoms with Gasteiger partial charge in [0.2, 0.25) is 0 Å². The molecule has 2 rings (SSSR count). The molecule has 1 aliphatic rings. The molecule has 0 fully saturated rings. The zero-order valence-corrected chi connectivity index (χ0v) is 10.2. The smallest absolute Gasteiger partial charge is 0.263 e. The summed E-state index contributed by atoms with van der Waals surface area (Å²) in [6.45, 7) is 1.97. The molecule has 1 aliphatic carbocycles. The third-order valence-corrected chi connectivity index (χ3v) is 3.54. The Labute approximate surface area is 106 Å². The molecule has 0 aliphatic heterocycles. The lowest BCUT2D eigenvalue weighted by Crippen LogP contribution is -2.43.